The summed E-state index contributed by atoms with van der Waals surface area (Å²) in [6.45, 7) is 5.08. The summed E-state index contributed by atoms with van der Waals surface area (Å²) in [4.78, 5) is 12.8. The molecule has 0 aliphatic carbocycles. The molecule has 3 heterocycles. The van der Waals surface area contributed by atoms with Crippen LogP contribution in [0.15, 0.2) is 85.1 Å². The third-order valence-electron chi connectivity index (χ3n) is 6.64. The van der Waals surface area contributed by atoms with Gasteiger partial charge in [-0.15, -0.1) is 0 Å². The van der Waals surface area contributed by atoms with Crippen LogP contribution in [0.25, 0.3) is 0 Å². The monoisotopic (exact) mass is 497 g/mol. The second-order valence-corrected chi connectivity index (χ2v) is 13.2. The average molecular weight is 498 g/mol. The van der Waals surface area contributed by atoms with Crippen LogP contribution in [0, 0.1) is 19.8 Å². The molecule has 2 bridgehead atoms. The quantitative estimate of drug-likeness (QED) is 0.550. The van der Waals surface area contributed by atoms with Crippen molar-refractivity contribution in [3.8, 4) is 0 Å². The van der Waals surface area contributed by atoms with Gasteiger partial charge in [0.15, 0.2) is 9.92 Å². The summed E-state index contributed by atoms with van der Waals surface area (Å²) < 4.78 is 48.9. The minimum absolute atomic E-state index is 0.0204. The fourth-order valence-corrected chi connectivity index (χ4v) is 9.09. The van der Waals surface area contributed by atoms with E-state index in [0.717, 1.165) is 23.2 Å². The number of aromatic nitrogens is 1. The van der Waals surface area contributed by atoms with E-state index >= 15 is 0 Å². The zero-order chi connectivity index (χ0) is 24.1. The van der Waals surface area contributed by atoms with Gasteiger partial charge in [-0.05, 0) is 56.5 Å². The van der Waals surface area contributed by atoms with E-state index in [4.69, 9.17) is 0 Å². The number of piperidine rings is 1. The van der Waals surface area contributed by atoms with Crippen LogP contribution in [0.4, 0.5) is 0 Å². The van der Waals surface area contributed by atoms with E-state index in [2.05, 4.69) is 3.77 Å². The van der Waals surface area contributed by atoms with E-state index in [1.165, 1.54) is 12.1 Å². The summed E-state index contributed by atoms with van der Waals surface area (Å²) >= 11 is 0. The SMILES string of the molecule is Cc1ccc(S(=O)(=O)N=[S@@](=O)(c2ccc(C)cc2)N2C[C@@H]3C[C@H](C2)c2cccc(=O)n2C3)cc1. The van der Waals surface area contributed by atoms with E-state index in [-0.39, 0.29) is 22.3 Å². The van der Waals surface area contributed by atoms with Crippen molar-refractivity contribution in [1.29, 1.82) is 0 Å². The molecule has 5 rings (SSSR count). The Kier molecular flexibility index (Phi) is 5.74. The number of hydrogen-bond donors (Lipinski definition) is 0. The molecule has 9 heteroatoms. The number of fused-ring (bicyclic) bond motifs is 4. The number of aryl methyl sites for hydroxylation is 2. The first kappa shape index (κ1) is 23.0. The van der Waals surface area contributed by atoms with Crippen LogP contribution >= 0.6 is 0 Å². The van der Waals surface area contributed by atoms with Gasteiger partial charge in [-0.25, -0.2) is 8.51 Å². The largest absolute Gasteiger partial charge is 0.312 e. The van der Waals surface area contributed by atoms with Gasteiger partial charge in [0, 0.05) is 37.3 Å². The minimum Gasteiger partial charge on any atom is -0.312 e. The standard InChI is InChI=1S/C25H27N3O4S2/c1-18-6-10-22(11-7-18)33(30,26-34(31,32)23-12-8-19(2)9-13-23)27-15-20-14-21(17-27)24-4-3-5-25(29)28(24)16-20/h3-13,20-21H,14-17H2,1-2H3/t20-,21+,33-/m0/s1. The van der Waals surface area contributed by atoms with Crippen molar-refractivity contribution in [3.05, 3.63) is 93.9 Å². The topological polar surface area (TPSA) is 88.8 Å². The Hall–Kier alpha value is -2.75. The molecule has 2 aliphatic heterocycles. The Morgan fingerprint density at radius 1 is 0.794 bits per heavy atom. The van der Waals surface area contributed by atoms with Gasteiger partial charge in [-0.3, -0.25) is 4.79 Å². The van der Waals surface area contributed by atoms with Crippen molar-refractivity contribution in [2.75, 3.05) is 13.1 Å². The molecule has 0 spiro atoms. The molecule has 2 aliphatic rings. The van der Waals surface area contributed by atoms with Crippen LogP contribution in [-0.2, 0) is 26.5 Å². The van der Waals surface area contributed by atoms with Crippen LogP contribution in [0.1, 0.15) is 29.2 Å². The Labute approximate surface area is 200 Å². The number of pyridine rings is 1. The zero-order valence-corrected chi connectivity index (χ0v) is 20.8. The summed E-state index contributed by atoms with van der Waals surface area (Å²) in [5.74, 6) is 0.0554. The van der Waals surface area contributed by atoms with Gasteiger partial charge in [0.1, 0.15) is 0 Å². The molecule has 0 radical (unpaired) electrons. The molecule has 1 saturated heterocycles. The lowest BCUT2D eigenvalue weighted by molar-refractivity contribution is 0.190. The van der Waals surface area contributed by atoms with Gasteiger partial charge in [0.05, 0.1) is 9.79 Å². The zero-order valence-electron chi connectivity index (χ0n) is 19.1. The lowest BCUT2D eigenvalue weighted by atomic mass is 9.84. The first-order chi connectivity index (χ1) is 16.2. The first-order valence-corrected chi connectivity index (χ1v) is 14.2. The Morgan fingerprint density at radius 2 is 1.41 bits per heavy atom. The van der Waals surface area contributed by atoms with E-state index in [1.807, 2.05) is 32.0 Å². The molecule has 0 unspecified atom stereocenters. The summed E-state index contributed by atoms with van der Waals surface area (Å²) in [5.41, 5.74) is 2.78. The van der Waals surface area contributed by atoms with Crippen molar-refractivity contribution < 1.29 is 12.6 Å². The highest BCUT2D eigenvalue weighted by Crippen LogP contribution is 2.38. The molecule has 3 aromatic rings. The minimum atomic E-state index is -4.18. The maximum absolute atomic E-state index is 14.6. The molecule has 3 atom stereocenters. The lowest BCUT2D eigenvalue weighted by Gasteiger charge is -2.43. The first-order valence-electron chi connectivity index (χ1n) is 11.3. The van der Waals surface area contributed by atoms with Crippen LogP contribution in [-0.4, -0.2) is 34.6 Å². The van der Waals surface area contributed by atoms with E-state index < -0.39 is 19.9 Å². The maximum Gasteiger partial charge on any atom is 0.291 e. The molecule has 0 saturated carbocycles. The Bertz CT molecular complexity index is 1520. The van der Waals surface area contributed by atoms with Crippen LogP contribution in [0.2, 0.25) is 0 Å². The third kappa shape index (κ3) is 4.12. The second kappa shape index (κ2) is 8.48. The van der Waals surface area contributed by atoms with Crippen LogP contribution in [0.5, 0.6) is 0 Å². The van der Waals surface area contributed by atoms with Crippen molar-refractivity contribution in [3.63, 3.8) is 0 Å². The van der Waals surface area contributed by atoms with E-state index in [1.54, 1.807) is 45.3 Å². The van der Waals surface area contributed by atoms with Crippen molar-refractivity contribution in [2.45, 2.75) is 42.5 Å². The van der Waals surface area contributed by atoms with Crippen molar-refractivity contribution >= 4 is 19.9 Å². The smallest absolute Gasteiger partial charge is 0.291 e. The molecule has 2 aromatic carbocycles. The number of sulfonamides is 1. The number of nitrogens with zero attached hydrogens (tertiary/aromatic N) is 3. The average Bonchev–Trinajstić information content (AvgIpc) is 2.80. The predicted octanol–water partition coefficient (Wildman–Crippen LogP) is 3.72. The summed E-state index contributed by atoms with van der Waals surface area (Å²) in [7, 11) is -7.65. The van der Waals surface area contributed by atoms with E-state index in [0.29, 0.717) is 24.5 Å². The van der Waals surface area contributed by atoms with Gasteiger partial charge in [0.25, 0.3) is 15.6 Å². The molecular weight excluding hydrogens is 470 g/mol. The molecule has 0 amide bonds. The summed E-state index contributed by atoms with van der Waals surface area (Å²) in [5, 5.41) is 0. The Balaban J connectivity index is 1.64. The molecule has 34 heavy (non-hydrogen) atoms. The summed E-state index contributed by atoms with van der Waals surface area (Å²) in [6.07, 6.45) is 0.869. The van der Waals surface area contributed by atoms with Gasteiger partial charge in [0.2, 0.25) is 0 Å². The molecule has 178 valence electrons. The van der Waals surface area contributed by atoms with E-state index in [9.17, 15) is 17.4 Å². The fraction of sp³-hybridized carbons (Fsp3) is 0.320. The lowest BCUT2D eigenvalue weighted by Crippen LogP contribution is -2.49. The van der Waals surface area contributed by atoms with Gasteiger partial charge < -0.3 is 4.57 Å². The highest BCUT2D eigenvalue weighted by molar-refractivity contribution is 8.02. The van der Waals surface area contributed by atoms with Crippen molar-refractivity contribution in [1.82, 2.24) is 8.87 Å². The van der Waals surface area contributed by atoms with Crippen molar-refractivity contribution in [2.24, 2.45) is 9.69 Å². The van der Waals surface area contributed by atoms with Gasteiger partial charge >= 0.3 is 0 Å². The fourth-order valence-electron chi connectivity index (χ4n) is 4.90. The number of hydrogen-bond acceptors (Lipinski definition) is 4. The molecule has 1 fully saturated rings. The third-order valence-corrected chi connectivity index (χ3v) is 11.0. The second-order valence-electron chi connectivity index (χ2n) is 9.22. The summed E-state index contributed by atoms with van der Waals surface area (Å²) in [6, 6.07) is 18.7. The molecule has 1 aromatic heterocycles. The predicted molar refractivity (Wildman–Crippen MR) is 132 cm³/mol. The normalized spacial score (nSPS) is 21.9. The Morgan fingerprint density at radius 3 is 2.06 bits per heavy atom. The maximum atomic E-state index is 14.6. The molecular formula is C25H27N3O4S2. The number of rotatable bonds is 4. The molecule has 0 N–H and O–H groups in total. The van der Waals surface area contributed by atoms with Gasteiger partial charge in [-0.1, -0.05) is 45.2 Å². The van der Waals surface area contributed by atoms with Crippen LogP contribution < -0.4 is 5.56 Å². The highest BCUT2D eigenvalue weighted by Gasteiger charge is 2.39. The van der Waals surface area contributed by atoms with Crippen LogP contribution in [0.3, 0.4) is 0 Å². The van der Waals surface area contributed by atoms with Gasteiger partial charge in [-0.2, -0.15) is 8.42 Å². The molecule has 7 nitrogen and oxygen atoms in total. The highest BCUT2D eigenvalue weighted by atomic mass is 32.3. The number of benzene rings is 2.